The van der Waals surface area contributed by atoms with Crippen LogP contribution in [0, 0.1) is 12.8 Å². The van der Waals surface area contributed by atoms with Crippen molar-refractivity contribution >= 4 is 0 Å². The minimum absolute atomic E-state index is 0.324. The highest BCUT2D eigenvalue weighted by Gasteiger charge is 2.15. The lowest BCUT2D eigenvalue weighted by atomic mass is 10.1. The average Bonchev–Trinajstić information content (AvgIpc) is 2.96. The van der Waals surface area contributed by atoms with Crippen molar-refractivity contribution in [3.05, 3.63) is 29.8 Å². The first-order chi connectivity index (χ1) is 9.75. The molecule has 2 rings (SSSR count). The number of aryl methyl sites for hydroxylation is 1. The van der Waals surface area contributed by atoms with Crippen molar-refractivity contribution in [1.29, 1.82) is 0 Å². The van der Waals surface area contributed by atoms with E-state index in [1.165, 1.54) is 6.42 Å². The van der Waals surface area contributed by atoms with E-state index in [9.17, 15) is 5.11 Å². The fraction of sp³-hybridized carbons (Fsp3) is 0.625. The molecule has 0 aliphatic carbocycles. The summed E-state index contributed by atoms with van der Waals surface area (Å²) in [7, 11) is 0. The van der Waals surface area contributed by atoms with Gasteiger partial charge < -0.3 is 19.9 Å². The lowest BCUT2D eigenvalue weighted by Gasteiger charge is -2.15. The number of benzene rings is 1. The molecule has 0 aromatic heterocycles. The molecule has 112 valence electrons. The summed E-state index contributed by atoms with van der Waals surface area (Å²) in [5, 5.41) is 13.2. The quantitative estimate of drug-likeness (QED) is 0.712. The fourth-order valence-corrected chi connectivity index (χ4v) is 2.35. The fourth-order valence-electron chi connectivity index (χ4n) is 2.35. The van der Waals surface area contributed by atoms with Crippen LogP contribution >= 0.6 is 0 Å². The molecule has 1 saturated heterocycles. The Morgan fingerprint density at radius 3 is 3.05 bits per heavy atom. The molecule has 1 aromatic carbocycles. The molecule has 1 aliphatic heterocycles. The lowest BCUT2D eigenvalue weighted by Crippen LogP contribution is -2.32. The van der Waals surface area contributed by atoms with Gasteiger partial charge in [0.2, 0.25) is 0 Å². The molecule has 0 radical (unpaired) electrons. The molecule has 20 heavy (non-hydrogen) atoms. The molecule has 0 bridgehead atoms. The average molecular weight is 279 g/mol. The van der Waals surface area contributed by atoms with E-state index in [4.69, 9.17) is 9.47 Å². The highest BCUT2D eigenvalue weighted by atomic mass is 16.5. The van der Waals surface area contributed by atoms with Crippen molar-refractivity contribution in [3.8, 4) is 5.75 Å². The second-order valence-electron chi connectivity index (χ2n) is 5.45. The van der Waals surface area contributed by atoms with E-state index in [1.807, 2.05) is 31.2 Å². The highest BCUT2D eigenvalue weighted by molar-refractivity contribution is 5.31. The molecule has 0 saturated carbocycles. The summed E-state index contributed by atoms with van der Waals surface area (Å²) in [6.07, 6.45) is 1.81. The van der Waals surface area contributed by atoms with Crippen molar-refractivity contribution in [2.45, 2.75) is 25.9 Å². The predicted molar refractivity (Wildman–Crippen MR) is 79.1 cm³/mol. The number of para-hydroxylation sites is 1. The van der Waals surface area contributed by atoms with Gasteiger partial charge in [-0.05, 0) is 43.9 Å². The Morgan fingerprint density at radius 2 is 2.30 bits per heavy atom. The normalized spacial score (nSPS) is 20.0. The molecule has 1 fully saturated rings. The maximum absolute atomic E-state index is 9.88. The molecule has 2 unspecified atom stereocenters. The zero-order chi connectivity index (χ0) is 14.2. The van der Waals surface area contributed by atoms with E-state index in [-0.39, 0.29) is 0 Å². The van der Waals surface area contributed by atoms with Gasteiger partial charge in [0.05, 0.1) is 0 Å². The first kappa shape index (κ1) is 15.3. The van der Waals surface area contributed by atoms with Gasteiger partial charge in [-0.2, -0.15) is 0 Å². The zero-order valence-corrected chi connectivity index (χ0v) is 12.2. The van der Waals surface area contributed by atoms with Gasteiger partial charge in [0.15, 0.2) is 0 Å². The summed E-state index contributed by atoms with van der Waals surface area (Å²) in [6.45, 7) is 5.61. The number of nitrogens with one attached hydrogen (secondary N) is 1. The van der Waals surface area contributed by atoms with Gasteiger partial charge in [-0.15, -0.1) is 0 Å². The van der Waals surface area contributed by atoms with Crippen molar-refractivity contribution in [2.75, 3.05) is 32.9 Å². The lowest BCUT2D eigenvalue weighted by molar-refractivity contribution is 0.105. The van der Waals surface area contributed by atoms with Crippen molar-refractivity contribution in [1.82, 2.24) is 5.32 Å². The summed E-state index contributed by atoms with van der Waals surface area (Å²) in [5.41, 5.74) is 1.09. The van der Waals surface area contributed by atoms with E-state index >= 15 is 0 Å². The number of rotatable bonds is 8. The third-order valence-corrected chi connectivity index (χ3v) is 3.66. The molecule has 0 spiro atoms. The zero-order valence-electron chi connectivity index (χ0n) is 12.2. The van der Waals surface area contributed by atoms with Gasteiger partial charge in [-0.25, -0.2) is 0 Å². The highest BCUT2D eigenvalue weighted by Crippen LogP contribution is 2.16. The van der Waals surface area contributed by atoms with Crippen LogP contribution in [0.25, 0.3) is 0 Å². The molecule has 4 nitrogen and oxygen atoms in total. The molecule has 0 amide bonds. The largest absolute Gasteiger partial charge is 0.491 e. The molecular formula is C16H25NO3. The topological polar surface area (TPSA) is 50.7 Å². The Hall–Kier alpha value is -1.10. The minimum Gasteiger partial charge on any atom is -0.491 e. The van der Waals surface area contributed by atoms with Crippen LogP contribution in [0.5, 0.6) is 5.75 Å². The van der Waals surface area contributed by atoms with Crippen molar-refractivity contribution in [2.24, 2.45) is 5.92 Å². The van der Waals surface area contributed by atoms with Gasteiger partial charge in [0, 0.05) is 19.8 Å². The number of ether oxygens (including phenoxy) is 2. The van der Waals surface area contributed by atoms with Crippen molar-refractivity contribution < 1.29 is 14.6 Å². The van der Waals surface area contributed by atoms with E-state index in [1.54, 1.807) is 0 Å². The van der Waals surface area contributed by atoms with E-state index in [0.29, 0.717) is 19.1 Å². The molecular weight excluding hydrogens is 254 g/mol. The first-order valence-corrected chi connectivity index (χ1v) is 7.40. The summed E-state index contributed by atoms with van der Waals surface area (Å²) >= 11 is 0. The number of aliphatic hydroxyl groups is 1. The number of hydrogen-bond acceptors (Lipinski definition) is 4. The number of aliphatic hydroxyl groups excluding tert-OH is 1. The summed E-state index contributed by atoms with van der Waals surface area (Å²) in [4.78, 5) is 0. The van der Waals surface area contributed by atoms with E-state index in [0.717, 1.165) is 37.5 Å². The smallest absolute Gasteiger partial charge is 0.122 e. The Labute approximate surface area is 121 Å². The van der Waals surface area contributed by atoms with Crippen LogP contribution < -0.4 is 10.1 Å². The Bertz CT molecular complexity index is 391. The van der Waals surface area contributed by atoms with Gasteiger partial charge in [-0.3, -0.25) is 0 Å². The summed E-state index contributed by atoms with van der Waals surface area (Å²) < 4.78 is 11.0. The molecule has 4 heteroatoms. The van der Waals surface area contributed by atoms with Gasteiger partial charge in [-0.1, -0.05) is 18.2 Å². The van der Waals surface area contributed by atoms with E-state index in [2.05, 4.69) is 5.32 Å². The second-order valence-corrected chi connectivity index (χ2v) is 5.45. The maximum Gasteiger partial charge on any atom is 0.122 e. The van der Waals surface area contributed by atoms with Crippen LogP contribution in [0.2, 0.25) is 0 Å². The van der Waals surface area contributed by atoms with Crippen LogP contribution in [0.1, 0.15) is 18.4 Å². The van der Waals surface area contributed by atoms with E-state index < -0.39 is 6.10 Å². The molecule has 1 aliphatic rings. The number of hydrogen-bond donors (Lipinski definition) is 2. The third kappa shape index (κ3) is 5.12. The minimum atomic E-state index is -0.477. The first-order valence-electron chi connectivity index (χ1n) is 7.40. The Kier molecular flexibility index (Phi) is 6.30. The third-order valence-electron chi connectivity index (χ3n) is 3.66. The Morgan fingerprint density at radius 1 is 1.45 bits per heavy atom. The molecule has 2 atom stereocenters. The van der Waals surface area contributed by atoms with Crippen LogP contribution in [0.15, 0.2) is 24.3 Å². The predicted octanol–water partition coefficient (Wildman–Crippen LogP) is 1.75. The van der Waals surface area contributed by atoms with Gasteiger partial charge >= 0.3 is 0 Å². The molecule has 2 N–H and O–H groups in total. The monoisotopic (exact) mass is 279 g/mol. The molecule has 1 aromatic rings. The maximum atomic E-state index is 9.88. The van der Waals surface area contributed by atoms with Crippen molar-refractivity contribution in [3.63, 3.8) is 0 Å². The van der Waals surface area contributed by atoms with Crippen LogP contribution in [-0.4, -0.2) is 44.1 Å². The van der Waals surface area contributed by atoms with Crippen LogP contribution in [-0.2, 0) is 4.74 Å². The molecule has 1 heterocycles. The van der Waals surface area contributed by atoms with Crippen LogP contribution in [0.3, 0.4) is 0 Å². The standard InChI is InChI=1S/C16H25NO3/c1-13-4-2-3-5-16(13)20-12-15(18)10-17-8-6-14-7-9-19-11-14/h2-5,14-15,17-18H,6-12H2,1H3. The Balaban J connectivity index is 1.56. The second kappa shape index (κ2) is 8.25. The van der Waals surface area contributed by atoms with Crippen LogP contribution in [0.4, 0.5) is 0 Å². The summed E-state index contributed by atoms with van der Waals surface area (Å²) in [5.74, 6) is 1.53. The van der Waals surface area contributed by atoms with Gasteiger partial charge in [0.25, 0.3) is 0 Å². The SMILES string of the molecule is Cc1ccccc1OCC(O)CNCCC1CCOC1. The summed E-state index contributed by atoms with van der Waals surface area (Å²) in [6, 6.07) is 7.85. The van der Waals surface area contributed by atoms with Gasteiger partial charge in [0.1, 0.15) is 18.5 Å².